The van der Waals surface area contributed by atoms with Crippen molar-refractivity contribution in [3.8, 4) is 5.69 Å². The lowest BCUT2D eigenvalue weighted by Gasteiger charge is -2.05. The molecule has 100 valence electrons. The summed E-state index contributed by atoms with van der Waals surface area (Å²) in [7, 11) is 0. The van der Waals surface area contributed by atoms with E-state index in [1.165, 1.54) is 29.6 Å². The Morgan fingerprint density at radius 1 is 1.30 bits per heavy atom. The normalized spacial score (nSPS) is 10.7. The molecule has 0 aliphatic carbocycles. The zero-order valence-corrected chi connectivity index (χ0v) is 12.2. The fourth-order valence-electron chi connectivity index (χ4n) is 1.79. The van der Waals surface area contributed by atoms with Gasteiger partial charge in [-0.3, -0.25) is 4.79 Å². The Bertz CT molecular complexity index is 722. The third kappa shape index (κ3) is 2.37. The molecule has 0 unspecified atom stereocenters. The zero-order valence-electron chi connectivity index (χ0n) is 10.6. The third-order valence-corrected chi connectivity index (χ3v) is 4.51. The molecule has 2 heterocycles. The standard InChI is InChI=1S/C13H10N4OS2/c1-9-11(7-18)12(19-13-14-8-15-20-13)17(16-9)10-5-3-2-4-6-10/h2-8H,1H3. The first-order valence-corrected chi connectivity index (χ1v) is 7.43. The lowest BCUT2D eigenvalue weighted by Crippen LogP contribution is -1.98. The summed E-state index contributed by atoms with van der Waals surface area (Å²) in [5.74, 6) is 0. The van der Waals surface area contributed by atoms with Crippen molar-refractivity contribution in [3.05, 3.63) is 47.9 Å². The van der Waals surface area contributed by atoms with Crippen molar-refractivity contribution >= 4 is 29.6 Å². The predicted molar refractivity (Wildman–Crippen MR) is 77.7 cm³/mol. The fraction of sp³-hybridized carbons (Fsp3) is 0.0769. The summed E-state index contributed by atoms with van der Waals surface area (Å²) < 4.78 is 6.53. The number of aromatic nitrogens is 4. The minimum atomic E-state index is 0.592. The average Bonchev–Trinajstić information content (AvgIpc) is 3.08. The minimum absolute atomic E-state index is 0.592. The van der Waals surface area contributed by atoms with Crippen LogP contribution in [0.1, 0.15) is 16.1 Å². The van der Waals surface area contributed by atoms with Crippen molar-refractivity contribution in [1.29, 1.82) is 0 Å². The van der Waals surface area contributed by atoms with Gasteiger partial charge in [-0.1, -0.05) is 18.2 Å². The smallest absolute Gasteiger partial charge is 0.176 e. The Kier molecular flexibility index (Phi) is 3.62. The van der Waals surface area contributed by atoms with Crippen LogP contribution < -0.4 is 0 Å². The van der Waals surface area contributed by atoms with Gasteiger partial charge in [0, 0.05) is 0 Å². The second kappa shape index (κ2) is 5.56. The summed E-state index contributed by atoms with van der Waals surface area (Å²) in [4.78, 5) is 15.5. The van der Waals surface area contributed by atoms with Crippen LogP contribution in [0.2, 0.25) is 0 Å². The van der Waals surface area contributed by atoms with Gasteiger partial charge in [0.15, 0.2) is 10.6 Å². The van der Waals surface area contributed by atoms with Gasteiger partial charge < -0.3 is 0 Å². The van der Waals surface area contributed by atoms with E-state index in [4.69, 9.17) is 0 Å². The van der Waals surface area contributed by atoms with Crippen molar-refractivity contribution in [2.24, 2.45) is 0 Å². The van der Waals surface area contributed by atoms with Gasteiger partial charge in [0.2, 0.25) is 0 Å². The molecular weight excluding hydrogens is 292 g/mol. The Labute approximate surface area is 123 Å². The molecule has 2 aromatic heterocycles. The van der Waals surface area contributed by atoms with Crippen molar-refractivity contribution in [3.63, 3.8) is 0 Å². The minimum Gasteiger partial charge on any atom is -0.298 e. The van der Waals surface area contributed by atoms with Gasteiger partial charge in [-0.05, 0) is 42.4 Å². The number of carbonyl (C=O) groups excluding carboxylic acids is 1. The molecule has 0 saturated carbocycles. The molecule has 0 saturated heterocycles. The fourth-order valence-corrected chi connectivity index (χ4v) is 3.38. The number of para-hydroxylation sites is 1. The van der Waals surface area contributed by atoms with Crippen LogP contribution in [0.15, 0.2) is 46.0 Å². The Morgan fingerprint density at radius 3 is 2.75 bits per heavy atom. The van der Waals surface area contributed by atoms with Crippen molar-refractivity contribution < 1.29 is 4.79 Å². The Balaban J connectivity index is 2.12. The van der Waals surface area contributed by atoms with Gasteiger partial charge in [0.05, 0.1) is 16.9 Å². The molecule has 0 atom stereocenters. The van der Waals surface area contributed by atoms with Crippen LogP contribution in [0.4, 0.5) is 0 Å². The quantitative estimate of drug-likeness (QED) is 0.693. The number of hydrogen-bond acceptors (Lipinski definition) is 6. The van der Waals surface area contributed by atoms with E-state index >= 15 is 0 Å². The van der Waals surface area contributed by atoms with E-state index in [9.17, 15) is 4.79 Å². The maximum atomic E-state index is 11.3. The SMILES string of the molecule is Cc1nn(-c2ccccc2)c(Sc2ncns2)c1C=O. The van der Waals surface area contributed by atoms with Crippen LogP contribution in [0, 0.1) is 6.92 Å². The first-order valence-electron chi connectivity index (χ1n) is 5.84. The monoisotopic (exact) mass is 302 g/mol. The van der Waals surface area contributed by atoms with Gasteiger partial charge >= 0.3 is 0 Å². The van der Waals surface area contributed by atoms with E-state index in [0.29, 0.717) is 11.3 Å². The molecule has 0 aliphatic rings. The number of aldehydes is 1. The molecule has 0 radical (unpaired) electrons. The van der Waals surface area contributed by atoms with Crippen molar-refractivity contribution in [1.82, 2.24) is 19.1 Å². The van der Waals surface area contributed by atoms with Gasteiger partial charge in [0.25, 0.3) is 0 Å². The molecule has 0 aliphatic heterocycles. The maximum Gasteiger partial charge on any atom is 0.176 e. The van der Waals surface area contributed by atoms with Crippen LogP contribution in [0.5, 0.6) is 0 Å². The Hall–Kier alpha value is -1.99. The van der Waals surface area contributed by atoms with Gasteiger partial charge in [-0.2, -0.15) is 9.47 Å². The van der Waals surface area contributed by atoms with E-state index in [-0.39, 0.29) is 0 Å². The number of rotatable bonds is 4. The summed E-state index contributed by atoms with van der Waals surface area (Å²) >= 11 is 2.70. The lowest BCUT2D eigenvalue weighted by atomic mass is 10.3. The first kappa shape index (κ1) is 13.0. The highest BCUT2D eigenvalue weighted by Gasteiger charge is 2.18. The van der Waals surface area contributed by atoms with Gasteiger partial charge in [-0.25, -0.2) is 9.67 Å². The first-order chi connectivity index (χ1) is 9.79. The molecule has 0 amide bonds. The summed E-state index contributed by atoms with van der Waals surface area (Å²) in [6.45, 7) is 1.83. The third-order valence-electron chi connectivity index (χ3n) is 2.71. The van der Waals surface area contributed by atoms with E-state index in [0.717, 1.165) is 21.3 Å². The topological polar surface area (TPSA) is 60.7 Å². The zero-order chi connectivity index (χ0) is 13.9. The Morgan fingerprint density at radius 2 is 2.10 bits per heavy atom. The van der Waals surface area contributed by atoms with E-state index < -0.39 is 0 Å². The summed E-state index contributed by atoms with van der Waals surface area (Å²) in [6.07, 6.45) is 2.34. The molecule has 1 aromatic carbocycles. The largest absolute Gasteiger partial charge is 0.298 e. The molecular formula is C13H10N4OS2. The van der Waals surface area contributed by atoms with E-state index in [1.54, 1.807) is 4.68 Å². The highest BCUT2D eigenvalue weighted by Crippen LogP contribution is 2.33. The summed E-state index contributed by atoms with van der Waals surface area (Å²) in [5, 5.41) is 5.22. The predicted octanol–water partition coefficient (Wildman–Crippen LogP) is 3.00. The number of nitrogens with zero attached hydrogens (tertiary/aromatic N) is 4. The van der Waals surface area contributed by atoms with Crippen LogP contribution in [-0.4, -0.2) is 25.4 Å². The highest BCUT2D eigenvalue weighted by molar-refractivity contribution is 8.01. The number of benzene rings is 1. The lowest BCUT2D eigenvalue weighted by molar-refractivity contribution is 0.112. The van der Waals surface area contributed by atoms with Crippen LogP contribution in [-0.2, 0) is 0 Å². The number of hydrogen-bond donors (Lipinski definition) is 0. The number of aryl methyl sites for hydroxylation is 1. The van der Waals surface area contributed by atoms with Gasteiger partial charge in [0.1, 0.15) is 11.4 Å². The molecule has 0 N–H and O–H groups in total. The molecule has 0 spiro atoms. The average molecular weight is 302 g/mol. The second-order valence-electron chi connectivity index (χ2n) is 3.98. The van der Waals surface area contributed by atoms with Crippen LogP contribution >= 0.6 is 23.3 Å². The molecule has 0 fully saturated rings. The molecule has 5 nitrogen and oxygen atoms in total. The van der Waals surface area contributed by atoms with Crippen LogP contribution in [0.25, 0.3) is 5.69 Å². The maximum absolute atomic E-state index is 11.3. The van der Waals surface area contributed by atoms with E-state index in [1.807, 2.05) is 37.3 Å². The second-order valence-corrected chi connectivity index (χ2v) is 5.99. The van der Waals surface area contributed by atoms with E-state index in [2.05, 4.69) is 14.5 Å². The van der Waals surface area contributed by atoms with Crippen molar-refractivity contribution in [2.45, 2.75) is 16.3 Å². The number of carbonyl (C=O) groups is 1. The highest BCUT2D eigenvalue weighted by atomic mass is 32.2. The molecule has 3 rings (SSSR count). The molecule has 0 bridgehead atoms. The molecule has 3 aromatic rings. The van der Waals surface area contributed by atoms with Crippen LogP contribution in [0.3, 0.4) is 0 Å². The summed E-state index contributed by atoms with van der Waals surface area (Å²) in [6, 6.07) is 9.72. The molecule has 20 heavy (non-hydrogen) atoms. The summed E-state index contributed by atoms with van der Waals surface area (Å²) in [5.41, 5.74) is 2.21. The molecule has 7 heteroatoms. The van der Waals surface area contributed by atoms with Crippen molar-refractivity contribution in [2.75, 3.05) is 0 Å². The van der Waals surface area contributed by atoms with Gasteiger partial charge in [-0.15, -0.1) is 0 Å².